The van der Waals surface area contributed by atoms with E-state index in [1.807, 2.05) is 0 Å². The highest BCUT2D eigenvalue weighted by molar-refractivity contribution is 5.91. The highest BCUT2D eigenvalue weighted by atomic mass is 16.8. The van der Waals surface area contributed by atoms with Crippen LogP contribution in [0.5, 0.6) is 23.0 Å². The second kappa shape index (κ2) is 18.3. The van der Waals surface area contributed by atoms with Gasteiger partial charge in [0, 0.05) is 17.2 Å². The standard InChI is InChI=1S/C39H50O20/c1-14(2)5-10-18-20(54-37-31(50)28(47)25(44)21(12-40)55-37)11-19(42)23-27(46)35(33(57-34(18)23)16-6-8-17(52-4)9-7-16)58-39-36(30(49)24(43)15(3)53-39)59-38-32(51)29(48)26(45)22(13-41)56-38/h5-9,11,15,21-22,24-26,28-32,36-45,47-51H,10,12-13H2,1-4H3/t15-,21+,22+,24-,25+,26+,28-,29-,30+,31+,32+,36+,37+,38-,39+/m1/s1. The smallest absolute Gasteiger partial charge is 0.239 e. The number of allylic oxidation sites excluding steroid dienone is 2. The maximum atomic E-state index is 14.7. The van der Waals surface area contributed by atoms with E-state index in [1.54, 1.807) is 32.1 Å². The van der Waals surface area contributed by atoms with E-state index in [2.05, 4.69) is 0 Å². The molecule has 3 fully saturated rings. The molecule has 326 valence electrons. The summed E-state index contributed by atoms with van der Waals surface area (Å²) in [6.07, 6.45) is -23.6. The molecule has 1 aromatic heterocycles. The summed E-state index contributed by atoms with van der Waals surface area (Å²) in [7, 11) is 1.44. The number of hydrogen-bond donors (Lipinski definition) is 11. The summed E-state index contributed by atoms with van der Waals surface area (Å²) < 4.78 is 46.6. The average Bonchev–Trinajstić information content (AvgIpc) is 3.21. The molecule has 0 saturated carbocycles. The van der Waals surface area contributed by atoms with Gasteiger partial charge in [0.2, 0.25) is 23.8 Å². The van der Waals surface area contributed by atoms with Gasteiger partial charge in [-0.1, -0.05) is 11.6 Å². The van der Waals surface area contributed by atoms with Crippen molar-refractivity contribution in [1.29, 1.82) is 0 Å². The third-order valence-corrected chi connectivity index (χ3v) is 10.5. The number of aliphatic hydroxyl groups is 10. The van der Waals surface area contributed by atoms with Crippen molar-refractivity contribution in [2.45, 2.75) is 119 Å². The summed E-state index contributed by atoms with van der Waals surface area (Å²) in [5.41, 5.74) is -0.0519. The van der Waals surface area contributed by atoms with Crippen molar-refractivity contribution in [1.82, 2.24) is 0 Å². The number of aliphatic hydroxyl groups excluding tert-OH is 10. The molecular formula is C39H50O20. The summed E-state index contributed by atoms with van der Waals surface area (Å²) in [6.45, 7) is 3.44. The molecule has 20 heteroatoms. The second-order valence-corrected chi connectivity index (χ2v) is 14.8. The lowest BCUT2D eigenvalue weighted by molar-refractivity contribution is -0.355. The molecule has 59 heavy (non-hydrogen) atoms. The zero-order chi connectivity index (χ0) is 43.0. The van der Waals surface area contributed by atoms with Gasteiger partial charge in [-0.05, 0) is 51.5 Å². The molecule has 2 aromatic carbocycles. The number of ether oxygens (including phenoxy) is 7. The van der Waals surface area contributed by atoms with Crippen LogP contribution in [0.4, 0.5) is 0 Å². The van der Waals surface area contributed by atoms with Crippen LogP contribution in [-0.2, 0) is 25.4 Å². The summed E-state index contributed by atoms with van der Waals surface area (Å²) in [5, 5.41) is 115. The van der Waals surface area contributed by atoms with E-state index in [1.165, 1.54) is 26.2 Å². The van der Waals surface area contributed by atoms with E-state index in [0.29, 0.717) is 5.75 Å². The third kappa shape index (κ3) is 8.79. The number of phenols is 1. The van der Waals surface area contributed by atoms with Crippen molar-refractivity contribution in [3.05, 3.63) is 57.8 Å². The minimum atomic E-state index is -1.94. The summed E-state index contributed by atoms with van der Waals surface area (Å²) >= 11 is 0. The van der Waals surface area contributed by atoms with E-state index >= 15 is 0 Å². The van der Waals surface area contributed by atoms with Crippen molar-refractivity contribution in [3.8, 4) is 34.3 Å². The van der Waals surface area contributed by atoms with Gasteiger partial charge >= 0.3 is 0 Å². The van der Waals surface area contributed by atoms with Crippen molar-refractivity contribution in [2.24, 2.45) is 0 Å². The number of benzene rings is 2. The van der Waals surface area contributed by atoms with Crippen LogP contribution in [0, 0.1) is 0 Å². The molecule has 0 radical (unpaired) electrons. The highest BCUT2D eigenvalue weighted by Gasteiger charge is 2.51. The average molecular weight is 839 g/mol. The van der Waals surface area contributed by atoms with E-state index in [-0.39, 0.29) is 34.6 Å². The summed E-state index contributed by atoms with van der Waals surface area (Å²) in [6, 6.07) is 7.17. The first-order chi connectivity index (χ1) is 28.0. The lowest BCUT2D eigenvalue weighted by Gasteiger charge is -2.45. The van der Waals surface area contributed by atoms with Gasteiger partial charge in [0.15, 0.2) is 18.2 Å². The first-order valence-electron chi connectivity index (χ1n) is 18.8. The predicted octanol–water partition coefficient (Wildman–Crippen LogP) is -2.11. The van der Waals surface area contributed by atoms with Gasteiger partial charge in [0.1, 0.15) is 89.3 Å². The Hall–Kier alpha value is -3.97. The maximum absolute atomic E-state index is 14.7. The molecule has 4 heterocycles. The molecule has 0 spiro atoms. The van der Waals surface area contributed by atoms with E-state index in [4.69, 9.17) is 37.6 Å². The second-order valence-electron chi connectivity index (χ2n) is 14.8. The van der Waals surface area contributed by atoms with Crippen LogP contribution >= 0.6 is 0 Å². The van der Waals surface area contributed by atoms with Crippen LogP contribution in [0.1, 0.15) is 26.3 Å². The summed E-state index contributed by atoms with van der Waals surface area (Å²) in [4.78, 5) is 14.7. The highest BCUT2D eigenvalue weighted by Crippen LogP contribution is 2.42. The Morgan fingerprint density at radius 1 is 0.746 bits per heavy atom. The zero-order valence-electron chi connectivity index (χ0n) is 32.3. The van der Waals surface area contributed by atoms with Gasteiger partial charge in [0.25, 0.3) is 0 Å². The van der Waals surface area contributed by atoms with Crippen LogP contribution in [-0.4, -0.2) is 169 Å². The van der Waals surface area contributed by atoms with Crippen LogP contribution in [0.15, 0.2) is 51.2 Å². The number of fused-ring (bicyclic) bond motifs is 1. The number of rotatable bonds is 12. The Morgan fingerprint density at radius 2 is 1.34 bits per heavy atom. The van der Waals surface area contributed by atoms with Gasteiger partial charge in [-0.15, -0.1) is 0 Å². The van der Waals surface area contributed by atoms with Crippen LogP contribution in [0.3, 0.4) is 0 Å². The molecule has 0 unspecified atom stereocenters. The van der Waals surface area contributed by atoms with Crippen molar-refractivity contribution >= 4 is 11.0 Å². The van der Waals surface area contributed by atoms with Crippen molar-refractivity contribution in [3.63, 3.8) is 0 Å². The fourth-order valence-corrected chi connectivity index (χ4v) is 6.99. The Balaban J connectivity index is 1.50. The first-order valence-corrected chi connectivity index (χ1v) is 18.8. The minimum absolute atomic E-state index is 0.000587. The quantitative estimate of drug-likeness (QED) is 0.0870. The molecular weight excluding hydrogens is 788 g/mol. The Bertz CT molecular complexity index is 1990. The molecule has 3 aliphatic rings. The monoisotopic (exact) mass is 838 g/mol. The fraction of sp³-hybridized carbons (Fsp3) is 0.564. The molecule has 3 saturated heterocycles. The Labute approximate surface area is 336 Å². The molecule has 20 nitrogen and oxygen atoms in total. The van der Waals surface area contributed by atoms with Gasteiger partial charge in [0.05, 0.1) is 26.4 Å². The predicted molar refractivity (Wildman–Crippen MR) is 199 cm³/mol. The van der Waals surface area contributed by atoms with Crippen LogP contribution in [0.2, 0.25) is 0 Å². The number of phenolic OH excluding ortho intramolecular Hbond substituents is 1. The fourth-order valence-electron chi connectivity index (χ4n) is 6.99. The zero-order valence-corrected chi connectivity index (χ0v) is 32.3. The van der Waals surface area contributed by atoms with Crippen LogP contribution in [0.25, 0.3) is 22.3 Å². The van der Waals surface area contributed by atoms with Crippen molar-refractivity contribution in [2.75, 3.05) is 20.3 Å². The third-order valence-electron chi connectivity index (χ3n) is 10.5. The van der Waals surface area contributed by atoms with E-state index in [9.17, 15) is 61.0 Å². The molecule has 11 N–H and O–H groups in total. The first kappa shape index (κ1) is 44.6. The van der Waals surface area contributed by atoms with E-state index in [0.717, 1.165) is 11.6 Å². The number of aromatic hydroxyl groups is 1. The number of hydrogen-bond acceptors (Lipinski definition) is 20. The Kier molecular flexibility index (Phi) is 13.9. The molecule has 0 bridgehead atoms. The van der Waals surface area contributed by atoms with Gasteiger partial charge in [-0.2, -0.15) is 0 Å². The lowest BCUT2D eigenvalue weighted by atomic mass is 9.97. The molecule has 6 rings (SSSR count). The molecule has 3 aliphatic heterocycles. The van der Waals surface area contributed by atoms with Gasteiger partial charge < -0.3 is 93.7 Å². The normalized spacial score (nSPS) is 35.0. The van der Waals surface area contributed by atoms with Gasteiger partial charge in [-0.25, -0.2) is 0 Å². The largest absolute Gasteiger partial charge is 0.507 e. The van der Waals surface area contributed by atoms with Crippen molar-refractivity contribution < 1.29 is 93.7 Å². The minimum Gasteiger partial charge on any atom is -0.507 e. The van der Waals surface area contributed by atoms with Crippen LogP contribution < -0.4 is 19.6 Å². The molecule has 0 amide bonds. The molecule has 3 aromatic rings. The topological polar surface area (TPSA) is 317 Å². The summed E-state index contributed by atoms with van der Waals surface area (Å²) in [5.74, 6) is -1.34. The Morgan fingerprint density at radius 3 is 1.92 bits per heavy atom. The number of methoxy groups -OCH3 is 1. The van der Waals surface area contributed by atoms with E-state index < -0.39 is 128 Å². The van der Waals surface area contributed by atoms with Gasteiger partial charge in [-0.3, -0.25) is 4.79 Å². The maximum Gasteiger partial charge on any atom is 0.239 e. The lowest BCUT2D eigenvalue weighted by Crippen LogP contribution is -2.64. The molecule has 15 atom stereocenters. The SMILES string of the molecule is COc1ccc(-c2oc3c(CC=C(C)C)c(O[C@H]4O[C@@H](CO)[C@H](O)[C@@H](O)[C@@H]4O)cc(O)c3c(=O)c2O[C@@H]2O[C@H](C)[C@@H](O)[C@H](O)[C@@H]2O[C@H]2O[C@@H](CO)[C@H](O)[C@@H](O)[C@@H]2O)cc1. The molecule has 0 aliphatic carbocycles.